The first-order valence-electron chi connectivity index (χ1n) is 2.95. The smallest absolute Gasteiger partial charge is 0.314 e. The average molecular weight is 190 g/mol. The van der Waals surface area contributed by atoms with Gasteiger partial charge in [-0.1, -0.05) is 0 Å². The number of aliphatic hydroxyl groups excluding tert-OH is 1. The predicted octanol–water partition coefficient (Wildman–Crippen LogP) is 0.463. The third-order valence-electron chi connectivity index (χ3n) is 1.02. The second-order valence-corrected chi connectivity index (χ2v) is 1.60. The topological polar surface area (TPSA) is 47.9 Å². The fourth-order valence-electron chi connectivity index (χ4n) is 0.511. The van der Waals surface area contributed by atoms with E-state index in [4.69, 9.17) is 5.11 Å². The van der Waals surface area contributed by atoms with Gasteiger partial charge < -0.3 is 5.11 Å². The molecule has 0 spiro atoms. The molecule has 0 fully saturated rings. The van der Waals surface area contributed by atoms with Gasteiger partial charge in [-0.05, 0) is 0 Å². The maximum absolute atomic E-state index is 11.6. The van der Waals surface area contributed by atoms with Crippen molar-refractivity contribution in [3.8, 4) is 0 Å². The van der Waals surface area contributed by atoms with Crippen molar-refractivity contribution < 1.29 is 32.5 Å². The summed E-state index contributed by atoms with van der Waals surface area (Å²) in [6.07, 6.45) is 0. The zero-order valence-corrected chi connectivity index (χ0v) is 6.13. The van der Waals surface area contributed by atoms with Crippen LogP contribution in [0.2, 0.25) is 0 Å². The fraction of sp³-hybridized carbons (Fsp3) is 1.00. The van der Waals surface area contributed by atoms with Gasteiger partial charge in [0.2, 0.25) is 0 Å². The van der Waals surface area contributed by atoms with Crippen LogP contribution in [0.1, 0.15) is 0 Å². The predicted molar refractivity (Wildman–Crippen MR) is 31.0 cm³/mol. The van der Waals surface area contributed by atoms with Crippen molar-refractivity contribution in [1.29, 1.82) is 0 Å². The number of rotatable bonds is 7. The lowest BCUT2D eigenvalue weighted by atomic mass is 10.6. The van der Waals surface area contributed by atoms with Crippen molar-refractivity contribution in [2.45, 2.75) is 5.97 Å². The third-order valence-corrected chi connectivity index (χ3v) is 1.02. The second kappa shape index (κ2) is 6.18. The summed E-state index contributed by atoms with van der Waals surface area (Å²) in [7, 11) is 0. The molecule has 0 saturated carbocycles. The Bertz CT molecular complexity index is 95.8. The van der Waals surface area contributed by atoms with Gasteiger partial charge in [0.1, 0.15) is 6.61 Å². The minimum Gasteiger partial charge on any atom is -0.388 e. The van der Waals surface area contributed by atoms with Crippen molar-refractivity contribution in [2.24, 2.45) is 0 Å². The Kier molecular flexibility index (Phi) is 5.99. The highest BCUT2D eigenvalue weighted by molar-refractivity contribution is 4.51. The lowest BCUT2D eigenvalue weighted by molar-refractivity contribution is -0.414. The summed E-state index contributed by atoms with van der Waals surface area (Å²) in [6, 6.07) is 0. The van der Waals surface area contributed by atoms with Crippen LogP contribution in [-0.2, 0) is 14.2 Å². The molecule has 0 aromatic carbocycles. The van der Waals surface area contributed by atoms with E-state index >= 15 is 0 Å². The summed E-state index contributed by atoms with van der Waals surface area (Å²) in [5.74, 6) is -2.38. The molecule has 0 rings (SSSR count). The number of aliphatic hydroxyl groups is 1. The molecule has 0 aromatic rings. The van der Waals surface area contributed by atoms with Gasteiger partial charge in [0.15, 0.2) is 20.6 Å². The fourth-order valence-corrected chi connectivity index (χ4v) is 0.511. The first kappa shape index (κ1) is 11.6. The van der Waals surface area contributed by atoms with E-state index in [1.807, 2.05) is 0 Å². The molecule has 1 N–H and O–H groups in total. The molecule has 0 radical (unpaired) electrons. The number of ether oxygens (including phenoxy) is 3. The van der Waals surface area contributed by atoms with Gasteiger partial charge in [0, 0.05) is 0 Å². The third kappa shape index (κ3) is 3.35. The van der Waals surface area contributed by atoms with Crippen molar-refractivity contribution in [2.75, 3.05) is 27.2 Å². The van der Waals surface area contributed by atoms with E-state index in [9.17, 15) is 13.2 Å². The highest BCUT2D eigenvalue weighted by Crippen LogP contribution is 2.15. The van der Waals surface area contributed by atoms with E-state index in [2.05, 4.69) is 14.2 Å². The van der Waals surface area contributed by atoms with Crippen LogP contribution in [0.15, 0.2) is 0 Å². The molecule has 0 atom stereocenters. The second-order valence-electron chi connectivity index (χ2n) is 1.60. The van der Waals surface area contributed by atoms with Crippen molar-refractivity contribution in [3.63, 3.8) is 0 Å². The van der Waals surface area contributed by atoms with E-state index in [1.54, 1.807) is 0 Å². The molecule has 0 aliphatic carbocycles. The number of alkyl halides is 3. The molecule has 0 aromatic heterocycles. The summed E-state index contributed by atoms with van der Waals surface area (Å²) in [5, 5.41) is 8.49. The Balaban J connectivity index is 4.06. The van der Waals surface area contributed by atoms with Gasteiger partial charge in [-0.3, -0.25) is 14.2 Å². The highest BCUT2D eigenvalue weighted by atomic mass is 19.1. The van der Waals surface area contributed by atoms with Gasteiger partial charge >= 0.3 is 5.97 Å². The molecular formula is C5H9F3O4. The summed E-state index contributed by atoms with van der Waals surface area (Å²) in [6.45, 7) is -5.17. The van der Waals surface area contributed by atoms with Crippen LogP contribution in [0.25, 0.3) is 0 Å². The van der Waals surface area contributed by atoms with Gasteiger partial charge in [-0.2, -0.15) is 0 Å². The molecule has 0 saturated heterocycles. The van der Waals surface area contributed by atoms with E-state index in [0.717, 1.165) is 0 Å². The minimum atomic E-state index is -2.38. The van der Waals surface area contributed by atoms with Crippen LogP contribution in [0.3, 0.4) is 0 Å². The molecule has 0 amide bonds. The standard InChI is InChI=1S/C5H9F3O4/c6-2-10-5(1-9,11-3-7)12-4-8/h9H,1-4H2. The summed E-state index contributed by atoms with van der Waals surface area (Å²) < 4.78 is 46.8. The highest BCUT2D eigenvalue weighted by Gasteiger charge is 2.33. The molecule has 0 aliphatic rings. The lowest BCUT2D eigenvalue weighted by Gasteiger charge is -2.27. The summed E-state index contributed by atoms with van der Waals surface area (Å²) in [4.78, 5) is 0. The summed E-state index contributed by atoms with van der Waals surface area (Å²) >= 11 is 0. The molecule has 0 unspecified atom stereocenters. The maximum Gasteiger partial charge on any atom is 0.314 e. The number of hydrogen-bond donors (Lipinski definition) is 1. The van der Waals surface area contributed by atoms with Crippen molar-refractivity contribution in [3.05, 3.63) is 0 Å². The normalized spacial score (nSPS) is 12.0. The van der Waals surface area contributed by atoms with Crippen LogP contribution in [0.4, 0.5) is 13.2 Å². The number of hydrogen-bond acceptors (Lipinski definition) is 4. The minimum absolute atomic E-state index is 1.01. The quantitative estimate of drug-likeness (QED) is 0.592. The molecule has 12 heavy (non-hydrogen) atoms. The van der Waals surface area contributed by atoms with E-state index in [0.29, 0.717) is 0 Å². The first-order valence-corrected chi connectivity index (χ1v) is 2.95. The van der Waals surface area contributed by atoms with Crippen molar-refractivity contribution in [1.82, 2.24) is 0 Å². The van der Waals surface area contributed by atoms with Gasteiger partial charge in [-0.25, -0.2) is 13.2 Å². The van der Waals surface area contributed by atoms with Crippen LogP contribution < -0.4 is 0 Å². The van der Waals surface area contributed by atoms with E-state index in [1.165, 1.54) is 0 Å². The molecule has 4 nitrogen and oxygen atoms in total. The van der Waals surface area contributed by atoms with Gasteiger partial charge in [0.05, 0.1) is 0 Å². The van der Waals surface area contributed by atoms with Gasteiger partial charge in [0.25, 0.3) is 0 Å². The Labute approximate surface area is 66.8 Å². The van der Waals surface area contributed by atoms with Crippen LogP contribution in [-0.4, -0.2) is 38.3 Å². The Morgan fingerprint density at radius 1 is 0.917 bits per heavy atom. The zero-order valence-electron chi connectivity index (χ0n) is 6.13. The molecular weight excluding hydrogens is 181 g/mol. The van der Waals surface area contributed by atoms with E-state index in [-0.39, 0.29) is 0 Å². The zero-order chi connectivity index (χ0) is 9.45. The largest absolute Gasteiger partial charge is 0.388 e. The molecule has 74 valence electrons. The Hall–Kier alpha value is -0.370. The monoisotopic (exact) mass is 190 g/mol. The number of halogens is 3. The Morgan fingerprint density at radius 3 is 1.42 bits per heavy atom. The Morgan fingerprint density at radius 2 is 1.25 bits per heavy atom. The SMILES string of the molecule is OCC(OCF)(OCF)OCF. The van der Waals surface area contributed by atoms with Gasteiger partial charge in [-0.15, -0.1) is 0 Å². The van der Waals surface area contributed by atoms with E-state index < -0.39 is 33.2 Å². The molecule has 0 aliphatic heterocycles. The summed E-state index contributed by atoms with van der Waals surface area (Å²) in [5.41, 5.74) is 0. The average Bonchev–Trinajstić information content (AvgIpc) is 2.06. The first-order chi connectivity index (χ1) is 5.74. The van der Waals surface area contributed by atoms with Crippen molar-refractivity contribution >= 4 is 0 Å². The van der Waals surface area contributed by atoms with Crippen LogP contribution in [0.5, 0.6) is 0 Å². The maximum atomic E-state index is 11.6. The molecule has 7 heteroatoms. The molecule has 0 heterocycles. The van der Waals surface area contributed by atoms with Crippen LogP contribution in [0, 0.1) is 0 Å². The van der Waals surface area contributed by atoms with Crippen LogP contribution >= 0.6 is 0 Å². The lowest BCUT2D eigenvalue weighted by Crippen LogP contribution is -2.42. The molecule has 0 bridgehead atoms.